The lowest BCUT2D eigenvalue weighted by Gasteiger charge is -2.36. The maximum atomic E-state index is 12.9. The van der Waals surface area contributed by atoms with Crippen molar-refractivity contribution in [1.82, 2.24) is 10.2 Å². The molecule has 162 valence electrons. The number of rotatable bonds is 6. The van der Waals surface area contributed by atoms with Crippen LogP contribution < -0.4 is 15.4 Å². The maximum Gasteiger partial charge on any atom is 0.326 e. The number of urea groups is 1. The average Bonchev–Trinajstić information content (AvgIpc) is 2.94. The molecule has 0 bridgehead atoms. The Morgan fingerprint density at radius 1 is 1.30 bits per heavy atom. The summed E-state index contributed by atoms with van der Waals surface area (Å²) in [6.07, 6.45) is 3.25. The first-order valence-corrected chi connectivity index (χ1v) is 10.0. The van der Waals surface area contributed by atoms with Gasteiger partial charge in [-0.25, -0.2) is 4.79 Å². The minimum absolute atomic E-state index is 0.00110. The summed E-state index contributed by atoms with van der Waals surface area (Å²) in [6, 6.07) is 4.69. The van der Waals surface area contributed by atoms with Crippen LogP contribution in [0.4, 0.5) is 10.5 Å². The first-order valence-electron chi connectivity index (χ1n) is 10.0. The number of carbonyl (C=O) groups is 4. The van der Waals surface area contributed by atoms with Crippen LogP contribution in [0, 0.1) is 12.8 Å². The van der Waals surface area contributed by atoms with Gasteiger partial charge in [0.15, 0.2) is 6.61 Å². The molecule has 1 aromatic rings. The van der Waals surface area contributed by atoms with Crippen LogP contribution in [0.2, 0.25) is 0 Å². The largest absolute Gasteiger partial charge is 0.495 e. The molecule has 1 aromatic carbocycles. The lowest BCUT2D eigenvalue weighted by molar-refractivity contribution is -0.150. The lowest BCUT2D eigenvalue weighted by atomic mass is 9.73. The Morgan fingerprint density at radius 2 is 2.07 bits per heavy atom. The van der Waals surface area contributed by atoms with E-state index in [1.165, 1.54) is 7.11 Å². The number of amides is 4. The van der Waals surface area contributed by atoms with Crippen molar-refractivity contribution in [3.8, 4) is 5.75 Å². The highest BCUT2D eigenvalue weighted by molar-refractivity contribution is 6.09. The fourth-order valence-electron chi connectivity index (χ4n) is 4.07. The Hall–Kier alpha value is -3.10. The summed E-state index contributed by atoms with van der Waals surface area (Å²) >= 11 is 0. The van der Waals surface area contributed by atoms with Crippen molar-refractivity contribution >= 4 is 29.5 Å². The van der Waals surface area contributed by atoms with E-state index in [2.05, 4.69) is 10.6 Å². The SMILES string of the molecule is COc1ccc(C)cc1NC(=O)COC(=O)CN1C(=O)N[C@@]2(CCCC[C@@H]2C)C1=O. The van der Waals surface area contributed by atoms with Crippen LogP contribution >= 0.6 is 0 Å². The number of nitrogens with zero attached hydrogens (tertiary/aromatic N) is 1. The molecule has 2 aliphatic rings. The highest BCUT2D eigenvalue weighted by Gasteiger charge is 2.55. The van der Waals surface area contributed by atoms with Gasteiger partial charge in [0.1, 0.15) is 17.8 Å². The third-order valence-corrected chi connectivity index (χ3v) is 5.78. The molecule has 1 spiro atoms. The number of anilines is 1. The molecular formula is C21H27N3O6. The minimum Gasteiger partial charge on any atom is -0.495 e. The summed E-state index contributed by atoms with van der Waals surface area (Å²) in [5, 5.41) is 5.40. The normalized spacial score (nSPS) is 23.3. The zero-order valence-corrected chi connectivity index (χ0v) is 17.4. The number of methoxy groups -OCH3 is 1. The molecule has 0 unspecified atom stereocenters. The minimum atomic E-state index is -0.936. The molecule has 0 aromatic heterocycles. The van der Waals surface area contributed by atoms with E-state index in [0.29, 0.717) is 17.9 Å². The first kappa shape index (κ1) is 21.6. The van der Waals surface area contributed by atoms with Crippen molar-refractivity contribution in [2.45, 2.75) is 45.1 Å². The van der Waals surface area contributed by atoms with Gasteiger partial charge in [0, 0.05) is 0 Å². The second kappa shape index (κ2) is 8.73. The number of hydrogen-bond donors (Lipinski definition) is 2. The standard InChI is InChI=1S/C21H27N3O6/c1-13-7-8-16(29-3)15(10-13)22-17(25)12-30-18(26)11-24-19(27)21(23-20(24)28)9-5-4-6-14(21)2/h7-8,10,14H,4-6,9,11-12H2,1-3H3,(H,22,25)(H,23,28)/t14-,21+/m0/s1. The lowest BCUT2D eigenvalue weighted by Crippen LogP contribution is -2.54. The Labute approximate surface area is 175 Å². The highest BCUT2D eigenvalue weighted by atomic mass is 16.5. The van der Waals surface area contributed by atoms with Gasteiger partial charge in [-0.05, 0) is 43.4 Å². The molecule has 1 heterocycles. The van der Waals surface area contributed by atoms with Crippen molar-refractivity contribution in [3.63, 3.8) is 0 Å². The highest BCUT2D eigenvalue weighted by Crippen LogP contribution is 2.38. The van der Waals surface area contributed by atoms with E-state index in [1.807, 2.05) is 19.9 Å². The Morgan fingerprint density at radius 3 is 2.77 bits per heavy atom. The number of imide groups is 1. The number of benzene rings is 1. The molecule has 0 radical (unpaired) electrons. The predicted octanol–water partition coefficient (Wildman–Crippen LogP) is 1.99. The fourth-order valence-corrected chi connectivity index (χ4v) is 4.07. The van der Waals surface area contributed by atoms with Gasteiger partial charge in [-0.3, -0.25) is 19.3 Å². The molecule has 1 aliphatic carbocycles. The molecule has 2 fully saturated rings. The average molecular weight is 417 g/mol. The summed E-state index contributed by atoms with van der Waals surface area (Å²) in [7, 11) is 1.48. The van der Waals surface area contributed by atoms with E-state index in [-0.39, 0.29) is 5.92 Å². The zero-order chi connectivity index (χ0) is 21.9. The molecule has 1 saturated carbocycles. The third kappa shape index (κ3) is 4.24. The van der Waals surface area contributed by atoms with Gasteiger partial charge in [0.25, 0.3) is 11.8 Å². The van der Waals surface area contributed by atoms with Gasteiger partial charge in [0.05, 0.1) is 12.8 Å². The second-order valence-corrected chi connectivity index (χ2v) is 7.85. The van der Waals surface area contributed by atoms with Gasteiger partial charge >= 0.3 is 12.0 Å². The van der Waals surface area contributed by atoms with Crippen molar-refractivity contribution in [1.29, 1.82) is 0 Å². The van der Waals surface area contributed by atoms with E-state index < -0.39 is 42.5 Å². The number of aryl methyl sites for hydroxylation is 1. The number of hydrogen-bond acceptors (Lipinski definition) is 6. The summed E-state index contributed by atoms with van der Waals surface area (Å²) in [4.78, 5) is 50.4. The van der Waals surface area contributed by atoms with E-state index in [4.69, 9.17) is 9.47 Å². The summed E-state index contributed by atoms with van der Waals surface area (Å²) < 4.78 is 10.2. The van der Waals surface area contributed by atoms with Gasteiger partial charge in [-0.15, -0.1) is 0 Å². The molecule has 4 amide bonds. The van der Waals surface area contributed by atoms with Crippen molar-refractivity contribution in [2.24, 2.45) is 5.92 Å². The van der Waals surface area contributed by atoms with Crippen LogP contribution in [0.1, 0.15) is 38.2 Å². The zero-order valence-electron chi connectivity index (χ0n) is 17.4. The fraction of sp³-hybridized carbons (Fsp3) is 0.524. The molecule has 1 saturated heterocycles. The van der Waals surface area contributed by atoms with Crippen molar-refractivity contribution in [2.75, 3.05) is 25.6 Å². The topological polar surface area (TPSA) is 114 Å². The van der Waals surface area contributed by atoms with E-state index in [0.717, 1.165) is 29.7 Å². The summed E-state index contributed by atoms with van der Waals surface area (Å²) in [5.41, 5.74) is 0.447. The number of ether oxygens (including phenoxy) is 2. The van der Waals surface area contributed by atoms with Crippen LogP contribution in [0.15, 0.2) is 18.2 Å². The van der Waals surface area contributed by atoms with Gasteiger partial charge in [-0.2, -0.15) is 0 Å². The van der Waals surface area contributed by atoms with Crippen LogP contribution in [0.25, 0.3) is 0 Å². The van der Waals surface area contributed by atoms with Crippen LogP contribution in [-0.4, -0.2) is 54.5 Å². The van der Waals surface area contributed by atoms with Gasteiger partial charge < -0.3 is 20.1 Å². The third-order valence-electron chi connectivity index (χ3n) is 5.78. The molecule has 2 atom stereocenters. The monoisotopic (exact) mass is 417 g/mol. The first-order chi connectivity index (χ1) is 14.3. The van der Waals surface area contributed by atoms with E-state index in [9.17, 15) is 19.2 Å². The number of carbonyl (C=O) groups excluding carboxylic acids is 4. The molecule has 1 aliphatic heterocycles. The summed E-state index contributed by atoms with van der Waals surface area (Å²) in [6.45, 7) is 2.73. The maximum absolute atomic E-state index is 12.9. The van der Waals surface area contributed by atoms with Crippen LogP contribution in [0.5, 0.6) is 5.75 Å². The Balaban J connectivity index is 1.55. The van der Waals surface area contributed by atoms with Crippen LogP contribution in [-0.2, 0) is 19.1 Å². The predicted molar refractivity (Wildman–Crippen MR) is 108 cm³/mol. The molecule has 30 heavy (non-hydrogen) atoms. The van der Waals surface area contributed by atoms with Gasteiger partial charge in [0.2, 0.25) is 0 Å². The summed E-state index contributed by atoms with van der Waals surface area (Å²) in [5.74, 6) is -1.30. The molecule has 3 rings (SSSR count). The Bertz CT molecular complexity index is 870. The van der Waals surface area contributed by atoms with Gasteiger partial charge in [-0.1, -0.05) is 25.8 Å². The Kier molecular flexibility index (Phi) is 6.28. The van der Waals surface area contributed by atoms with Crippen LogP contribution in [0.3, 0.4) is 0 Å². The quantitative estimate of drug-likeness (QED) is 0.540. The molecule has 9 nitrogen and oxygen atoms in total. The molecular weight excluding hydrogens is 390 g/mol. The second-order valence-electron chi connectivity index (χ2n) is 7.85. The molecule has 2 N–H and O–H groups in total. The van der Waals surface area contributed by atoms with Crippen molar-refractivity contribution < 1.29 is 28.7 Å². The van der Waals surface area contributed by atoms with E-state index >= 15 is 0 Å². The smallest absolute Gasteiger partial charge is 0.326 e. The molecule has 9 heteroatoms. The number of esters is 1. The van der Waals surface area contributed by atoms with E-state index in [1.54, 1.807) is 12.1 Å². The van der Waals surface area contributed by atoms with Crippen molar-refractivity contribution in [3.05, 3.63) is 23.8 Å². The number of nitrogens with one attached hydrogen (secondary N) is 2.